The molecule has 0 atom stereocenters. The van der Waals surface area contributed by atoms with E-state index in [-0.39, 0.29) is 17.9 Å². The van der Waals surface area contributed by atoms with Crippen LogP contribution in [-0.2, 0) is 24.2 Å². The zero-order valence-electron chi connectivity index (χ0n) is 14.4. The number of amides is 1. The Morgan fingerprint density at radius 2 is 2.19 bits per heavy atom. The molecule has 0 saturated heterocycles. The van der Waals surface area contributed by atoms with Gasteiger partial charge in [-0.3, -0.25) is 14.2 Å². The number of fused-ring (bicyclic) bond motifs is 3. The van der Waals surface area contributed by atoms with E-state index in [0.29, 0.717) is 6.54 Å². The molecule has 0 spiro atoms. The van der Waals surface area contributed by atoms with Crippen LogP contribution in [0, 0.1) is 0 Å². The van der Waals surface area contributed by atoms with Crippen molar-refractivity contribution < 1.29 is 4.79 Å². The first kappa shape index (κ1) is 17.3. The van der Waals surface area contributed by atoms with Crippen LogP contribution in [-0.4, -0.2) is 21.7 Å². The first-order valence-corrected chi connectivity index (χ1v) is 10.6. The van der Waals surface area contributed by atoms with Gasteiger partial charge in [0.15, 0.2) is 0 Å². The summed E-state index contributed by atoms with van der Waals surface area (Å²) < 4.78 is 1.56. The molecule has 1 aliphatic carbocycles. The van der Waals surface area contributed by atoms with Gasteiger partial charge in [-0.05, 0) is 43.2 Å². The van der Waals surface area contributed by atoms with Gasteiger partial charge >= 0.3 is 0 Å². The van der Waals surface area contributed by atoms with Crippen molar-refractivity contribution in [3.8, 4) is 0 Å². The van der Waals surface area contributed by atoms with Gasteiger partial charge in [0, 0.05) is 22.7 Å². The fraction of sp³-hybridized carbons (Fsp3) is 0.316. The fourth-order valence-corrected chi connectivity index (χ4v) is 5.13. The van der Waals surface area contributed by atoms with Crippen molar-refractivity contribution in [1.82, 2.24) is 9.55 Å². The highest BCUT2D eigenvalue weighted by Crippen LogP contribution is 2.34. The molecule has 0 radical (unpaired) electrons. The van der Waals surface area contributed by atoms with E-state index in [1.807, 2.05) is 30.5 Å². The monoisotopic (exact) mass is 385 g/mol. The van der Waals surface area contributed by atoms with Gasteiger partial charge in [0.1, 0.15) is 4.83 Å². The lowest BCUT2D eigenvalue weighted by molar-refractivity contribution is -0.116. The molecular weight excluding hydrogens is 366 g/mol. The number of thioether (sulfide) groups is 1. The van der Waals surface area contributed by atoms with Gasteiger partial charge < -0.3 is 5.32 Å². The Hall–Kier alpha value is -2.12. The Kier molecular flexibility index (Phi) is 4.82. The largest absolute Gasteiger partial charge is 0.325 e. The lowest BCUT2D eigenvalue weighted by Gasteiger charge is -2.10. The van der Waals surface area contributed by atoms with Crippen molar-refractivity contribution in [3.63, 3.8) is 0 Å². The first-order chi connectivity index (χ1) is 12.7. The summed E-state index contributed by atoms with van der Waals surface area (Å²) in [4.78, 5) is 32.7. The molecule has 7 heteroatoms. The number of thiophene rings is 1. The number of para-hydroxylation sites is 1. The number of hydrogen-bond donors (Lipinski definition) is 1. The predicted molar refractivity (Wildman–Crippen MR) is 107 cm³/mol. The molecule has 1 amide bonds. The molecule has 4 rings (SSSR count). The van der Waals surface area contributed by atoms with Crippen LogP contribution < -0.4 is 10.9 Å². The summed E-state index contributed by atoms with van der Waals surface area (Å²) in [6.45, 7) is 0.333. The normalized spacial score (nSPS) is 13.1. The van der Waals surface area contributed by atoms with Gasteiger partial charge in [-0.15, -0.1) is 23.1 Å². The highest BCUT2D eigenvalue weighted by Gasteiger charge is 2.21. The van der Waals surface area contributed by atoms with E-state index >= 15 is 0 Å². The van der Waals surface area contributed by atoms with Crippen LogP contribution in [0.5, 0.6) is 0 Å². The minimum absolute atomic E-state index is 0.0216. The molecule has 2 heterocycles. The topological polar surface area (TPSA) is 64.0 Å². The number of nitrogens with zero attached hydrogens (tertiary/aromatic N) is 2. The molecule has 26 heavy (non-hydrogen) atoms. The molecule has 3 aromatic rings. The second kappa shape index (κ2) is 7.25. The molecule has 1 N–H and O–H groups in total. The van der Waals surface area contributed by atoms with Crippen molar-refractivity contribution in [1.29, 1.82) is 0 Å². The van der Waals surface area contributed by atoms with E-state index in [2.05, 4.69) is 10.3 Å². The Morgan fingerprint density at radius 3 is 3.04 bits per heavy atom. The van der Waals surface area contributed by atoms with Crippen LogP contribution >= 0.6 is 23.1 Å². The second-order valence-electron chi connectivity index (χ2n) is 6.28. The number of rotatable bonds is 5. The maximum Gasteiger partial charge on any atom is 0.262 e. The van der Waals surface area contributed by atoms with E-state index in [1.165, 1.54) is 10.4 Å². The number of hydrogen-bond acceptors (Lipinski definition) is 5. The number of aromatic nitrogens is 2. The Labute approximate surface area is 159 Å². The number of carbonyl (C=O) groups is 1. The van der Waals surface area contributed by atoms with Gasteiger partial charge in [-0.1, -0.05) is 12.1 Å². The quantitative estimate of drug-likeness (QED) is 0.680. The van der Waals surface area contributed by atoms with Crippen LogP contribution in [0.4, 0.5) is 5.69 Å². The van der Waals surface area contributed by atoms with Crippen LogP contribution in [0.1, 0.15) is 23.3 Å². The van der Waals surface area contributed by atoms with Gasteiger partial charge in [0.2, 0.25) is 5.91 Å². The fourth-order valence-electron chi connectivity index (χ4n) is 3.36. The molecular formula is C19H19N3O2S2. The lowest BCUT2D eigenvalue weighted by atomic mass is 10.2. The second-order valence-corrected chi connectivity index (χ2v) is 8.21. The van der Waals surface area contributed by atoms with Crippen molar-refractivity contribution in [2.24, 2.45) is 0 Å². The molecule has 1 aliphatic rings. The lowest BCUT2D eigenvalue weighted by Crippen LogP contribution is -2.23. The van der Waals surface area contributed by atoms with Crippen LogP contribution in [0.2, 0.25) is 0 Å². The van der Waals surface area contributed by atoms with Crippen LogP contribution in [0.3, 0.4) is 0 Å². The highest BCUT2D eigenvalue weighted by molar-refractivity contribution is 7.98. The maximum atomic E-state index is 12.8. The summed E-state index contributed by atoms with van der Waals surface area (Å²) in [5.41, 5.74) is 1.96. The van der Waals surface area contributed by atoms with E-state index in [9.17, 15) is 9.59 Å². The molecule has 5 nitrogen and oxygen atoms in total. The molecule has 0 fully saturated rings. The zero-order valence-corrected chi connectivity index (χ0v) is 16.1. The van der Waals surface area contributed by atoms with Crippen molar-refractivity contribution in [2.75, 3.05) is 11.6 Å². The summed E-state index contributed by atoms with van der Waals surface area (Å²) in [5.74, 6) is -0.103. The molecule has 0 bridgehead atoms. The number of carbonyl (C=O) groups excluding carboxylic acids is 1. The summed E-state index contributed by atoms with van der Waals surface area (Å²) in [6.07, 6.45) is 6.91. The summed E-state index contributed by atoms with van der Waals surface area (Å²) in [7, 11) is 0. The number of aryl methyl sites for hydroxylation is 3. The standard InChI is InChI=1S/C19H19N3O2S2/c1-25-15-7-3-2-6-13(15)21-16(23)9-10-22-11-20-18-17(19(22)24)12-5-4-8-14(12)26-18/h2-3,6-7,11H,4-5,8-10H2,1H3,(H,21,23). The molecule has 2 aromatic heterocycles. The third-order valence-electron chi connectivity index (χ3n) is 4.65. The third-order valence-corrected chi connectivity index (χ3v) is 6.65. The zero-order chi connectivity index (χ0) is 18.1. The number of anilines is 1. The van der Waals surface area contributed by atoms with Crippen LogP contribution in [0.15, 0.2) is 40.3 Å². The van der Waals surface area contributed by atoms with Gasteiger partial charge in [-0.2, -0.15) is 0 Å². The number of nitrogens with one attached hydrogen (secondary N) is 1. The smallest absolute Gasteiger partial charge is 0.262 e. The Balaban J connectivity index is 1.50. The summed E-state index contributed by atoms with van der Waals surface area (Å²) >= 11 is 3.22. The van der Waals surface area contributed by atoms with Crippen molar-refractivity contribution >= 4 is 44.9 Å². The van der Waals surface area contributed by atoms with E-state index in [0.717, 1.165) is 40.1 Å². The average Bonchev–Trinajstić information content (AvgIpc) is 3.22. The Morgan fingerprint density at radius 1 is 1.35 bits per heavy atom. The van der Waals surface area contributed by atoms with Crippen LogP contribution in [0.25, 0.3) is 10.2 Å². The minimum atomic E-state index is -0.103. The SMILES string of the molecule is CSc1ccccc1NC(=O)CCn1cnc2sc3c(c2c1=O)CCC3. The van der Waals surface area contributed by atoms with E-state index < -0.39 is 0 Å². The molecule has 0 unspecified atom stereocenters. The molecule has 0 aliphatic heterocycles. The van der Waals surface area contributed by atoms with E-state index in [1.54, 1.807) is 34.0 Å². The summed E-state index contributed by atoms with van der Waals surface area (Å²) in [5, 5.41) is 3.69. The molecule has 1 aromatic carbocycles. The van der Waals surface area contributed by atoms with E-state index in [4.69, 9.17) is 0 Å². The van der Waals surface area contributed by atoms with Crippen molar-refractivity contribution in [3.05, 3.63) is 51.4 Å². The van der Waals surface area contributed by atoms with Gasteiger partial charge in [0.25, 0.3) is 5.56 Å². The first-order valence-electron chi connectivity index (χ1n) is 8.60. The predicted octanol–water partition coefficient (Wildman–Crippen LogP) is 3.70. The highest BCUT2D eigenvalue weighted by atomic mass is 32.2. The third kappa shape index (κ3) is 3.17. The molecule has 0 saturated carbocycles. The van der Waals surface area contributed by atoms with Gasteiger partial charge in [0.05, 0.1) is 17.4 Å². The van der Waals surface area contributed by atoms with Crippen molar-refractivity contribution in [2.45, 2.75) is 37.1 Å². The molecule has 134 valence electrons. The van der Waals surface area contributed by atoms with Gasteiger partial charge in [-0.25, -0.2) is 4.98 Å². The Bertz CT molecular complexity index is 1040. The summed E-state index contributed by atoms with van der Waals surface area (Å²) in [6, 6.07) is 7.70. The minimum Gasteiger partial charge on any atom is -0.325 e. The maximum absolute atomic E-state index is 12.8. The average molecular weight is 386 g/mol. The number of benzene rings is 1.